The van der Waals surface area contributed by atoms with Crippen molar-refractivity contribution in [3.8, 4) is 0 Å². The molecule has 1 rings (SSSR count). The molecule has 0 spiro atoms. The minimum absolute atomic E-state index is 0.0100. The maximum Gasteiger partial charge on any atom is 0.303 e. The molecule has 1 aliphatic heterocycles. The highest BCUT2D eigenvalue weighted by atomic mass is 16.4. The molecule has 16 heavy (non-hydrogen) atoms. The van der Waals surface area contributed by atoms with Crippen LogP contribution in [0.5, 0.6) is 0 Å². The Kier molecular flexibility index (Phi) is 4.33. The average Bonchev–Trinajstić information content (AvgIpc) is 2.52. The van der Waals surface area contributed by atoms with E-state index >= 15 is 0 Å². The zero-order valence-electron chi connectivity index (χ0n) is 10.2. The van der Waals surface area contributed by atoms with Crippen LogP contribution in [0.3, 0.4) is 0 Å². The predicted octanol–water partition coefficient (Wildman–Crippen LogP) is 2.03. The molecule has 4 heteroatoms. The third-order valence-corrected chi connectivity index (χ3v) is 3.23. The Bertz CT molecular complexity index is 273. The van der Waals surface area contributed by atoms with Crippen molar-refractivity contribution < 1.29 is 14.7 Å². The Balaban J connectivity index is 2.27. The maximum absolute atomic E-state index is 11.9. The van der Waals surface area contributed by atoms with Gasteiger partial charge in [0.1, 0.15) is 0 Å². The van der Waals surface area contributed by atoms with Crippen LogP contribution < -0.4 is 0 Å². The van der Waals surface area contributed by atoms with Crippen LogP contribution >= 0.6 is 0 Å². The number of unbranched alkanes of at least 4 members (excludes halogenated alkanes) is 1. The number of nitrogens with zero attached hydrogens (tertiary/aromatic N) is 1. The summed E-state index contributed by atoms with van der Waals surface area (Å²) in [6.07, 6.45) is 4.06. The van der Waals surface area contributed by atoms with E-state index in [1.54, 1.807) is 0 Å². The molecule has 1 saturated heterocycles. The Morgan fingerprint density at radius 1 is 1.25 bits per heavy atom. The first-order chi connectivity index (χ1) is 7.43. The molecule has 1 amide bonds. The third-order valence-electron chi connectivity index (χ3n) is 3.23. The van der Waals surface area contributed by atoms with Crippen LogP contribution in [-0.4, -0.2) is 34.0 Å². The van der Waals surface area contributed by atoms with Gasteiger partial charge in [-0.3, -0.25) is 9.59 Å². The smallest absolute Gasteiger partial charge is 0.303 e. The molecule has 1 fully saturated rings. The van der Waals surface area contributed by atoms with Gasteiger partial charge in [-0.1, -0.05) is 0 Å². The van der Waals surface area contributed by atoms with Gasteiger partial charge in [-0.05, 0) is 39.5 Å². The zero-order chi connectivity index (χ0) is 12.2. The Morgan fingerprint density at radius 2 is 1.88 bits per heavy atom. The number of rotatable bonds is 5. The Hall–Kier alpha value is -1.06. The number of likely N-dealkylation sites (tertiary alicyclic amines) is 1. The predicted molar refractivity (Wildman–Crippen MR) is 61.1 cm³/mol. The molecule has 4 nitrogen and oxygen atoms in total. The molecule has 0 aromatic carbocycles. The van der Waals surface area contributed by atoms with E-state index in [-0.39, 0.29) is 17.9 Å². The van der Waals surface area contributed by atoms with E-state index < -0.39 is 5.97 Å². The van der Waals surface area contributed by atoms with Crippen molar-refractivity contribution in [1.82, 2.24) is 4.90 Å². The minimum Gasteiger partial charge on any atom is -0.481 e. The summed E-state index contributed by atoms with van der Waals surface area (Å²) in [5, 5.41) is 8.48. The second-order valence-electron chi connectivity index (χ2n) is 5.06. The topological polar surface area (TPSA) is 57.6 Å². The van der Waals surface area contributed by atoms with Crippen molar-refractivity contribution in [3.05, 3.63) is 0 Å². The first-order valence-corrected chi connectivity index (χ1v) is 5.96. The van der Waals surface area contributed by atoms with Crippen molar-refractivity contribution in [2.45, 2.75) is 57.9 Å². The van der Waals surface area contributed by atoms with Crippen molar-refractivity contribution in [2.75, 3.05) is 6.54 Å². The molecule has 0 aromatic heterocycles. The fourth-order valence-electron chi connectivity index (χ4n) is 2.26. The second kappa shape index (κ2) is 5.32. The van der Waals surface area contributed by atoms with Gasteiger partial charge >= 0.3 is 5.97 Å². The second-order valence-corrected chi connectivity index (χ2v) is 5.06. The molecule has 0 saturated carbocycles. The Labute approximate surface area is 96.6 Å². The van der Waals surface area contributed by atoms with Crippen molar-refractivity contribution in [3.63, 3.8) is 0 Å². The third kappa shape index (κ3) is 3.51. The van der Waals surface area contributed by atoms with Crippen LogP contribution in [0.2, 0.25) is 0 Å². The number of hydrogen-bond donors (Lipinski definition) is 1. The van der Waals surface area contributed by atoms with Gasteiger partial charge in [-0.25, -0.2) is 0 Å². The summed E-state index contributed by atoms with van der Waals surface area (Å²) >= 11 is 0. The van der Waals surface area contributed by atoms with Gasteiger partial charge in [0.2, 0.25) is 5.91 Å². The van der Waals surface area contributed by atoms with Crippen molar-refractivity contribution >= 4 is 11.9 Å². The number of carbonyl (C=O) groups is 2. The first-order valence-electron chi connectivity index (χ1n) is 5.96. The van der Waals surface area contributed by atoms with Gasteiger partial charge in [0.05, 0.1) is 0 Å². The van der Waals surface area contributed by atoms with E-state index in [0.29, 0.717) is 19.3 Å². The fraction of sp³-hybridized carbons (Fsp3) is 0.833. The number of carboxylic acid groups (broad SMARTS) is 1. The number of aliphatic carboxylic acids is 1. The summed E-state index contributed by atoms with van der Waals surface area (Å²) in [7, 11) is 0. The van der Waals surface area contributed by atoms with Crippen LogP contribution in [0.25, 0.3) is 0 Å². The molecule has 1 N–H and O–H groups in total. The van der Waals surface area contributed by atoms with E-state index in [1.807, 2.05) is 4.90 Å². The summed E-state index contributed by atoms with van der Waals surface area (Å²) in [4.78, 5) is 24.1. The maximum atomic E-state index is 11.9. The van der Waals surface area contributed by atoms with Gasteiger partial charge in [0.15, 0.2) is 0 Å². The molecular formula is C12H21NO3. The van der Waals surface area contributed by atoms with E-state index in [9.17, 15) is 9.59 Å². The molecule has 92 valence electrons. The SMILES string of the molecule is CC1(C)CCCN1C(=O)CCCCC(=O)O. The molecule has 0 aromatic rings. The van der Waals surface area contributed by atoms with Crippen LogP contribution in [0.1, 0.15) is 52.4 Å². The van der Waals surface area contributed by atoms with Crippen LogP contribution in [0, 0.1) is 0 Å². The van der Waals surface area contributed by atoms with Gasteiger partial charge in [0.25, 0.3) is 0 Å². The van der Waals surface area contributed by atoms with Crippen molar-refractivity contribution in [2.24, 2.45) is 0 Å². The lowest BCUT2D eigenvalue weighted by Crippen LogP contribution is -2.42. The highest BCUT2D eigenvalue weighted by Crippen LogP contribution is 2.28. The van der Waals surface area contributed by atoms with Crippen LogP contribution in [-0.2, 0) is 9.59 Å². The number of carboxylic acids is 1. The molecule has 0 bridgehead atoms. The van der Waals surface area contributed by atoms with E-state index in [2.05, 4.69) is 13.8 Å². The molecule has 0 aliphatic carbocycles. The summed E-state index contributed by atoms with van der Waals surface area (Å²) in [6.45, 7) is 5.04. The zero-order valence-corrected chi connectivity index (χ0v) is 10.2. The lowest BCUT2D eigenvalue weighted by molar-refractivity contribution is -0.138. The summed E-state index contributed by atoms with van der Waals surface area (Å²) in [5.41, 5.74) is -0.0100. The van der Waals surface area contributed by atoms with Gasteiger partial charge < -0.3 is 10.0 Å². The van der Waals surface area contributed by atoms with Crippen molar-refractivity contribution in [1.29, 1.82) is 0 Å². The van der Waals surface area contributed by atoms with Gasteiger partial charge in [-0.2, -0.15) is 0 Å². The lowest BCUT2D eigenvalue weighted by Gasteiger charge is -2.31. The summed E-state index contributed by atoms with van der Waals surface area (Å²) in [6, 6.07) is 0. The number of hydrogen-bond acceptors (Lipinski definition) is 2. The standard InChI is InChI=1S/C12H21NO3/c1-12(2)8-5-9-13(12)10(14)6-3-4-7-11(15)16/h3-9H2,1-2H3,(H,15,16). The van der Waals surface area contributed by atoms with E-state index in [1.165, 1.54) is 0 Å². The number of carbonyl (C=O) groups excluding carboxylic acids is 1. The van der Waals surface area contributed by atoms with Crippen LogP contribution in [0.15, 0.2) is 0 Å². The quantitative estimate of drug-likeness (QED) is 0.731. The fourth-order valence-corrected chi connectivity index (χ4v) is 2.26. The van der Waals surface area contributed by atoms with E-state index in [0.717, 1.165) is 19.4 Å². The molecule has 1 aliphatic rings. The van der Waals surface area contributed by atoms with Gasteiger partial charge in [0, 0.05) is 24.9 Å². The molecular weight excluding hydrogens is 206 g/mol. The highest BCUT2D eigenvalue weighted by Gasteiger charge is 2.34. The molecule has 0 atom stereocenters. The minimum atomic E-state index is -0.783. The average molecular weight is 227 g/mol. The monoisotopic (exact) mass is 227 g/mol. The lowest BCUT2D eigenvalue weighted by atomic mass is 10.0. The molecule has 0 radical (unpaired) electrons. The van der Waals surface area contributed by atoms with E-state index in [4.69, 9.17) is 5.11 Å². The van der Waals surface area contributed by atoms with Gasteiger partial charge in [-0.15, -0.1) is 0 Å². The summed E-state index contributed by atoms with van der Waals surface area (Å²) in [5.74, 6) is -0.609. The largest absolute Gasteiger partial charge is 0.481 e. The normalized spacial score (nSPS) is 18.8. The Morgan fingerprint density at radius 3 is 2.38 bits per heavy atom. The number of amides is 1. The molecule has 1 heterocycles. The van der Waals surface area contributed by atoms with Crippen LogP contribution in [0.4, 0.5) is 0 Å². The summed E-state index contributed by atoms with van der Waals surface area (Å²) < 4.78 is 0. The first kappa shape index (κ1) is 13.0. The molecule has 0 unspecified atom stereocenters. The highest BCUT2D eigenvalue weighted by molar-refractivity contribution is 5.77.